The van der Waals surface area contributed by atoms with Gasteiger partial charge in [0.05, 0.1) is 0 Å². The molecule has 7 heavy (non-hydrogen) atoms. The van der Waals surface area contributed by atoms with Crippen molar-refractivity contribution < 1.29 is 44.0 Å². The zero-order chi connectivity index (χ0) is 5.21. The first kappa shape index (κ1) is 10.7. The average molecular weight is 136 g/mol. The second-order valence-corrected chi connectivity index (χ2v) is 1.78. The van der Waals surface area contributed by atoms with Crippen molar-refractivity contribution in [2.24, 2.45) is 5.84 Å². The predicted molar refractivity (Wildman–Crippen MR) is 20.0 cm³/mol. The molecule has 0 aliphatic rings. The van der Waals surface area contributed by atoms with Crippen LogP contribution < -0.4 is 40.2 Å². The summed E-state index contributed by atoms with van der Waals surface area (Å²) in [5.41, 5.74) is 0. The van der Waals surface area contributed by atoms with Gasteiger partial charge in [-0.15, -0.1) is 4.83 Å². The molecule has 0 heterocycles. The van der Waals surface area contributed by atoms with E-state index in [1.54, 1.807) is 0 Å². The Bertz CT molecular complexity index is 119. The molecular formula is H5N2NaO3S. The van der Waals surface area contributed by atoms with Crippen LogP contribution in [0.25, 0.3) is 0 Å². The number of nitrogens with two attached hydrogens (primary N) is 1. The molecule has 0 aromatic carbocycles. The van der Waals surface area contributed by atoms with Crippen LogP contribution in [0.1, 0.15) is 1.43 Å². The largest absolute Gasteiger partial charge is 1.00 e. The average Bonchev–Trinajstić information content (AvgIpc) is 1.35. The second kappa shape index (κ2) is 3.79. The Balaban J connectivity index is -0.000000125. The first-order valence-electron chi connectivity index (χ1n) is 1.01. The van der Waals surface area contributed by atoms with Gasteiger partial charge in [-0.1, -0.05) is 0 Å². The van der Waals surface area contributed by atoms with E-state index in [0.717, 1.165) is 4.83 Å². The van der Waals surface area contributed by atoms with Crippen molar-refractivity contribution in [2.75, 3.05) is 0 Å². The van der Waals surface area contributed by atoms with E-state index in [2.05, 4.69) is 5.84 Å². The van der Waals surface area contributed by atoms with Gasteiger partial charge in [0.25, 0.3) is 0 Å². The van der Waals surface area contributed by atoms with E-state index < -0.39 is 10.3 Å². The fourth-order valence-corrected chi connectivity index (χ4v) is 0. The summed E-state index contributed by atoms with van der Waals surface area (Å²) in [6, 6.07) is 0. The summed E-state index contributed by atoms with van der Waals surface area (Å²) < 4.78 is 26.2. The molecule has 0 unspecified atom stereocenters. The molecule has 0 aliphatic carbocycles. The molecular weight excluding hydrogens is 131 g/mol. The molecule has 0 saturated carbocycles. The number of rotatable bonds is 1. The molecule has 0 aromatic heterocycles. The van der Waals surface area contributed by atoms with Crippen molar-refractivity contribution >= 4 is 10.3 Å². The van der Waals surface area contributed by atoms with Crippen LogP contribution >= 0.6 is 0 Å². The number of hydrogen-bond acceptors (Lipinski definition) is 3. The summed E-state index contributed by atoms with van der Waals surface area (Å²) in [7, 11) is -4.13. The third-order valence-corrected chi connectivity index (χ3v) is 0.447. The summed E-state index contributed by atoms with van der Waals surface area (Å²) in [6.07, 6.45) is 0. The molecule has 0 radical (unpaired) electrons. The van der Waals surface area contributed by atoms with Gasteiger partial charge in [-0.3, -0.25) is 10.4 Å². The molecule has 0 fully saturated rings. The van der Waals surface area contributed by atoms with Gasteiger partial charge in [0.15, 0.2) is 0 Å². The first-order valence-corrected chi connectivity index (χ1v) is 2.45. The number of hydrazine groups is 1. The zero-order valence-electron chi connectivity index (χ0n) is 4.75. The minimum Gasteiger partial charge on any atom is -1.00 e. The van der Waals surface area contributed by atoms with Crippen LogP contribution in [0, 0.1) is 0 Å². The Kier molecular flexibility index (Phi) is 5.81. The van der Waals surface area contributed by atoms with Crippen LogP contribution in [0.4, 0.5) is 0 Å². The molecule has 40 valence electrons. The van der Waals surface area contributed by atoms with Crippen LogP contribution in [0.5, 0.6) is 0 Å². The third kappa shape index (κ3) is 10.9. The Morgan fingerprint density at radius 3 is 1.86 bits per heavy atom. The Labute approximate surface area is 64.9 Å². The fraction of sp³-hybridized carbons (Fsp3) is 0. The van der Waals surface area contributed by atoms with Crippen LogP contribution in [0.15, 0.2) is 0 Å². The van der Waals surface area contributed by atoms with Crippen molar-refractivity contribution in [1.82, 2.24) is 4.83 Å². The SMILES string of the molecule is NNS(=O)(=O)O.[H-].[Na+]. The summed E-state index contributed by atoms with van der Waals surface area (Å²) in [6.45, 7) is 0. The molecule has 5 nitrogen and oxygen atoms in total. The van der Waals surface area contributed by atoms with Gasteiger partial charge < -0.3 is 1.43 Å². The van der Waals surface area contributed by atoms with Crippen molar-refractivity contribution in [1.29, 1.82) is 0 Å². The first-order chi connectivity index (χ1) is 2.56. The molecule has 0 saturated heterocycles. The van der Waals surface area contributed by atoms with Crippen molar-refractivity contribution in [3.63, 3.8) is 0 Å². The fourth-order valence-electron chi connectivity index (χ4n) is 0. The summed E-state index contributed by atoms with van der Waals surface area (Å²) >= 11 is 0. The zero-order valence-corrected chi connectivity index (χ0v) is 6.57. The molecule has 0 spiro atoms. The molecule has 4 N–H and O–H groups in total. The van der Waals surface area contributed by atoms with E-state index in [9.17, 15) is 8.42 Å². The van der Waals surface area contributed by atoms with Crippen molar-refractivity contribution in [3.8, 4) is 0 Å². The quantitative estimate of drug-likeness (QED) is 0.146. The summed E-state index contributed by atoms with van der Waals surface area (Å²) in [5, 5.41) is 0. The van der Waals surface area contributed by atoms with E-state index in [1.165, 1.54) is 0 Å². The van der Waals surface area contributed by atoms with Gasteiger partial charge in [0.2, 0.25) is 0 Å². The maximum absolute atomic E-state index is 9.32. The minimum atomic E-state index is -4.13. The van der Waals surface area contributed by atoms with Crippen LogP contribution in [0.2, 0.25) is 0 Å². The van der Waals surface area contributed by atoms with E-state index in [4.69, 9.17) is 4.55 Å². The smallest absolute Gasteiger partial charge is 1.00 e. The number of nitrogens with one attached hydrogen (secondary N) is 1. The molecule has 0 amide bonds. The van der Waals surface area contributed by atoms with Gasteiger partial charge in [0.1, 0.15) is 0 Å². The number of hydrogen-bond donors (Lipinski definition) is 3. The Morgan fingerprint density at radius 1 is 1.71 bits per heavy atom. The monoisotopic (exact) mass is 136 g/mol. The normalized spacial score (nSPS) is 10.0. The van der Waals surface area contributed by atoms with Crippen LogP contribution in [-0.4, -0.2) is 13.0 Å². The summed E-state index contributed by atoms with van der Waals surface area (Å²) in [5.74, 6) is 4.22. The molecule has 7 heteroatoms. The van der Waals surface area contributed by atoms with Gasteiger partial charge >= 0.3 is 39.9 Å². The minimum absolute atomic E-state index is 0. The van der Waals surface area contributed by atoms with Crippen molar-refractivity contribution in [3.05, 3.63) is 0 Å². The van der Waals surface area contributed by atoms with Crippen molar-refractivity contribution in [2.45, 2.75) is 0 Å². The molecule has 0 rings (SSSR count). The molecule has 0 atom stereocenters. The van der Waals surface area contributed by atoms with E-state index in [-0.39, 0.29) is 31.0 Å². The Hall–Kier alpha value is 0.830. The molecule has 0 bridgehead atoms. The molecule has 0 aliphatic heterocycles. The summed E-state index contributed by atoms with van der Waals surface area (Å²) in [4.78, 5) is 1.13. The molecule has 0 aromatic rings. The van der Waals surface area contributed by atoms with Gasteiger partial charge in [0, 0.05) is 0 Å². The van der Waals surface area contributed by atoms with Crippen LogP contribution in [-0.2, 0) is 10.3 Å². The van der Waals surface area contributed by atoms with E-state index in [1.807, 2.05) is 0 Å². The van der Waals surface area contributed by atoms with E-state index >= 15 is 0 Å². The Morgan fingerprint density at radius 2 is 1.86 bits per heavy atom. The third-order valence-electron chi connectivity index (χ3n) is 0.149. The van der Waals surface area contributed by atoms with Crippen LogP contribution in [0.3, 0.4) is 0 Å². The van der Waals surface area contributed by atoms with Gasteiger partial charge in [-0.25, -0.2) is 0 Å². The standard InChI is InChI=1S/H4N2O3S.Na.H/c1-2-6(3,4)5;;/h2H,1H2,(H,3,4,5);;/q;+1;-1. The topological polar surface area (TPSA) is 92.4 Å². The maximum atomic E-state index is 9.32. The van der Waals surface area contributed by atoms with Gasteiger partial charge in [-0.05, 0) is 0 Å². The second-order valence-electron chi connectivity index (χ2n) is 0.593. The predicted octanol–water partition coefficient (Wildman–Crippen LogP) is -4.63. The van der Waals surface area contributed by atoms with E-state index in [0.29, 0.717) is 0 Å². The maximum Gasteiger partial charge on any atom is 1.00 e. The van der Waals surface area contributed by atoms with Gasteiger partial charge in [-0.2, -0.15) is 8.42 Å².